The van der Waals surface area contributed by atoms with Gasteiger partial charge in [0.2, 0.25) is 0 Å². The number of anilines is 1. The van der Waals surface area contributed by atoms with Gasteiger partial charge in [-0.2, -0.15) is 0 Å². The van der Waals surface area contributed by atoms with Crippen molar-refractivity contribution in [1.29, 1.82) is 0 Å². The summed E-state index contributed by atoms with van der Waals surface area (Å²) in [7, 11) is 0. The van der Waals surface area contributed by atoms with Crippen LogP contribution in [0.25, 0.3) is 0 Å². The normalized spacial score (nSPS) is 10.1. The Hall–Kier alpha value is -2.40. The molecule has 1 N–H and O–H groups in total. The Balaban J connectivity index is 1.92. The van der Waals surface area contributed by atoms with E-state index in [0.717, 1.165) is 11.1 Å². The van der Waals surface area contributed by atoms with Crippen LogP contribution in [0.4, 0.5) is 5.69 Å². The fourth-order valence-electron chi connectivity index (χ4n) is 1.75. The maximum atomic E-state index is 11.9. The number of hydrogen-bond acceptors (Lipinski definition) is 4. The van der Waals surface area contributed by atoms with Gasteiger partial charge >= 0.3 is 5.97 Å². The zero-order valence-corrected chi connectivity index (χ0v) is 13.0. The van der Waals surface area contributed by atoms with Gasteiger partial charge in [0, 0.05) is 6.20 Å². The average molecular weight is 319 g/mol. The second-order valence-corrected chi connectivity index (χ2v) is 5.12. The molecule has 0 aliphatic carbocycles. The van der Waals surface area contributed by atoms with Crippen molar-refractivity contribution in [2.24, 2.45) is 0 Å². The van der Waals surface area contributed by atoms with E-state index in [4.69, 9.17) is 16.3 Å². The number of aryl methyl sites for hydroxylation is 2. The summed E-state index contributed by atoms with van der Waals surface area (Å²) in [5.41, 5.74) is 2.85. The van der Waals surface area contributed by atoms with E-state index in [2.05, 4.69) is 10.3 Å². The van der Waals surface area contributed by atoms with Crippen LogP contribution in [0.2, 0.25) is 5.15 Å². The largest absolute Gasteiger partial charge is 0.452 e. The minimum atomic E-state index is -0.546. The summed E-state index contributed by atoms with van der Waals surface area (Å²) in [6, 6.07) is 8.48. The van der Waals surface area contributed by atoms with Crippen molar-refractivity contribution < 1.29 is 14.3 Å². The molecule has 1 heterocycles. The number of carbonyl (C=O) groups excluding carboxylic acids is 2. The summed E-state index contributed by atoms with van der Waals surface area (Å²) in [4.78, 5) is 27.5. The van der Waals surface area contributed by atoms with Crippen molar-refractivity contribution in [2.45, 2.75) is 13.8 Å². The Morgan fingerprint density at radius 3 is 2.68 bits per heavy atom. The van der Waals surface area contributed by atoms with Crippen molar-refractivity contribution in [3.63, 3.8) is 0 Å². The summed E-state index contributed by atoms with van der Waals surface area (Å²) in [5.74, 6) is -1.03. The van der Waals surface area contributed by atoms with Gasteiger partial charge in [0.1, 0.15) is 0 Å². The zero-order chi connectivity index (χ0) is 16.1. The third kappa shape index (κ3) is 4.05. The van der Waals surface area contributed by atoms with Gasteiger partial charge in [-0.15, -0.1) is 0 Å². The lowest BCUT2D eigenvalue weighted by Gasteiger charge is -2.08. The molecule has 1 amide bonds. The maximum absolute atomic E-state index is 11.9. The number of ether oxygens (including phenoxy) is 1. The predicted molar refractivity (Wildman–Crippen MR) is 84.1 cm³/mol. The van der Waals surface area contributed by atoms with E-state index in [1.807, 2.05) is 19.9 Å². The molecule has 0 radical (unpaired) electrons. The van der Waals surface area contributed by atoms with E-state index in [1.165, 1.54) is 6.20 Å². The molecule has 0 unspecified atom stereocenters. The number of esters is 1. The summed E-state index contributed by atoms with van der Waals surface area (Å²) in [5, 5.41) is 2.70. The monoisotopic (exact) mass is 318 g/mol. The molecule has 0 aliphatic rings. The van der Waals surface area contributed by atoms with E-state index in [9.17, 15) is 9.59 Å². The van der Waals surface area contributed by atoms with Gasteiger partial charge in [-0.05, 0) is 49.2 Å². The van der Waals surface area contributed by atoms with Crippen molar-refractivity contribution in [3.05, 3.63) is 58.4 Å². The van der Waals surface area contributed by atoms with Crippen LogP contribution in [0.3, 0.4) is 0 Å². The van der Waals surface area contributed by atoms with E-state index >= 15 is 0 Å². The first-order valence-electron chi connectivity index (χ1n) is 6.62. The molecule has 22 heavy (non-hydrogen) atoms. The van der Waals surface area contributed by atoms with Gasteiger partial charge in [0.25, 0.3) is 5.91 Å². The van der Waals surface area contributed by atoms with Crippen LogP contribution in [0.5, 0.6) is 0 Å². The Kier molecular flexibility index (Phi) is 5.12. The van der Waals surface area contributed by atoms with Gasteiger partial charge in [0.15, 0.2) is 11.8 Å². The standard InChI is InChI=1S/C16H15ClN2O3/c1-10-5-6-12(8-11(10)2)16(21)22-9-14(20)19-13-4-3-7-18-15(13)17/h3-8H,9H2,1-2H3,(H,19,20). The summed E-state index contributed by atoms with van der Waals surface area (Å²) >= 11 is 5.83. The van der Waals surface area contributed by atoms with Crippen LogP contribution in [0.1, 0.15) is 21.5 Å². The highest BCUT2D eigenvalue weighted by Gasteiger charge is 2.12. The van der Waals surface area contributed by atoms with Crippen LogP contribution in [0, 0.1) is 13.8 Å². The highest BCUT2D eigenvalue weighted by molar-refractivity contribution is 6.32. The third-order valence-corrected chi connectivity index (χ3v) is 3.41. The molecule has 0 saturated heterocycles. The summed E-state index contributed by atoms with van der Waals surface area (Å²) < 4.78 is 4.98. The van der Waals surface area contributed by atoms with Crippen LogP contribution in [-0.4, -0.2) is 23.5 Å². The van der Waals surface area contributed by atoms with E-state index in [1.54, 1.807) is 24.3 Å². The maximum Gasteiger partial charge on any atom is 0.338 e. The topological polar surface area (TPSA) is 68.3 Å². The van der Waals surface area contributed by atoms with Gasteiger partial charge in [-0.25, -0.2) is 9.78 Å². The number of benzene rings is 1. The fourth-order valence-corrected chi connectivity index (χ4v) is 1.91. The molecule has 0 bridgehead atoms. The van der Waals surface area contributed by atoms with Crippen molar-refractivity contribution in [2.75, 3.05) is 11.9 Å². The van der Waals surface area contributed by atoms with Gasteiger partial charge < -0.3 is 10.1 Å². The SMILES string of the molecule is Cc1ccc(C(=O)OCC(=O)Nc2cccnc2Cl)cc1C. The lowest BCUT2D eigenvalue weighted by Crippen LogP contribution is -2.21. The second-order valence-electron chi connectivity index (χ2n) is 4.77. The summed E-state index contributed by atoms with van der Waals surface area (Å²) in [6.45, 7) is 3.47. The minimum absolute atomic E-state index is 0.177. The number of aromatic nitrogens is 1. The second kappa shape index (κ2) is 7.04. The number of pyridine rings is 1. The molecule has 1 aromatic heterocycles. The average Bonchev–Trinajstić information content (AvgIpc) is 2.50. The van der Waals surface area contributed by atoms with Gasteiger partial charge in [-0.3, -0.25) is 4.79 Å². The Morgan fingerprint density at radius 1 is 1.23 bits per heavy atom. The first-order valence-corrected chi connectivity index (χ1v) is 7.00. The molecule has 1 aromatic carbocycles. The molecule has 0 fully saturated rings. The van der Waals surface area contributed by atoms with Gasteiger partial charge in [-0.1, -0.05) is 17.7 Å². The van der Waals surface area contributed by atoms with Crippen LogP contribution in [0.15, 0.2) is 36.5 Å². The fraction of sp³-hybridized carbons (Fsp3) is 0.188. The first-order chi connectivity index (χ1) is 10.5. The smallest absolute Gasteiger partial charge is 0.338 e. The highest BCUT2D eigenvalue weighted by atomic mass is 35.5. The molecule has 0 saturated carbocycles. The molecular weight excluding hydrogens is 304 g/mol. The molecule has 6 heteroatoms. The highest BCUT2D eigenvalue weighted by Crippen LogP contribution is 2.17. The molecule has 0 atom stereocenters. The predicted octanol–water partition coefficient (Wildman–Crippen LogP) is 3.15. The summed E-state index contributed by atoms with van der Waals surface area (Å²) in [6.07, 6.45) is 1.51. The Bertz CT molecular complexity index is 716. The van der Waals surface area contributed by atoms with Crippen molar-refractivity contribution >= 4 is 29.2 Å². The quantitative estimate of drug-likeness (QED) is 0.694. The van der Waals surface area contributed by atoms with E-state index in [-0.39, 0.29) is 5.15 Å². The molecule has 114 valence electrons. The van der Waals surface area contributed by atoms with Crippen LogP contribution >= 0.6 is 11.6 Å². The lowest BCUT2D eigenvalue weighted by atomic mass is 10.1. The van der Waals surface area contributed by atoms with E-state index in [0.29, 0.717) is 11.3 Å². The van der Waals surface area contributed by atoms with E-state index < -0.39 is 18.5 Å². The van der Waals surface area contributed by atoms with Crippen LogP contribution in [-0.2, 0) is 9.53 Å². The lowest BCUT2D eigenvalue weighted by molar-refractivity contribution is -0.119. The number of carbonyl (C=O) groups is 2. The minimum Gasteiger partial charge on any atom is -0.452 e. The first kappa shape index (κ1) is 16.0. The molecular formula is C16H15ClN2O3. The number of halogens is 1. The zero-order valence-electron chi connectivity index (χ0n) is 12.2. The van der Waals surface area contributed by atoms with Gasteiger partial charge in [0.05, 0.1) is 11.3 Å². The number of amides is 1. The van der Waals surface area contributed by atoms with Crippen LogP contribution < -0.4 is 5.32 Å². The Labute approximate surface area is 133 Å². The molecule has 0 spiro atoms. The number of rotatable bonds is 4. The number of nitrogens with one attached hydrogen (secondary N) is 1. The third-order valence-electron chi connectivity index (χ3n) is 3.11. The molecule has 5 nitrogen and oxygen atoms in total. The number of nitrogens with zero attached hydrogens (tertiary/aromatic N) is 1. The number of hydrogen-bond donors (Lipinski definition) is 1. The molecule has 2 aromatic rings. The molecule has 2 rings (SSSR count). The van der Waals surface area contributed by atoms with Crippen molar-refractivity contribution in [1.82, 2.24) is 4.98 Å². The molecule has 0 aliphatic heterocycles. The van der Waals surface area contributed by atoms with Crippen molar-refractivity contribution in [3.8, 4) is 0 Å². The Morgan fingerprint density at radius 2 is 2.00 bits per heavy atom.